The van der Waals surface area contributed by atoms with Crippen LogP contribution in [0, 0.1) is 0 Å². The molecule has 0 fully saturated rings. The Balaban J connectivity index is 1.57. The summed E-state index contributed by atoms with van der Waals surface area (Å²) in [6, 6.07) is 17.6. The van der Waals surface area contributed by atoms with E-state index in [-0.39, 0.29) is 6.04 Å². The van der Waals surface area contributed by atoms with Crippen molar-refractivity contribution in [3.63, 3.8) is 0 Å². The van der Waals surface area contributed by atoms with E-state index in [1.54, 1.807) is 13.4 Å². The zero-order chi connectivity index (χ0) is 22.5. The monoisotopic (exact) mass is 432 g/mol. The third-order valence-corrected chi connectivity index (χ3v) is 5.23. The van der Waals surface area contributed by atoms with E-state index < -0.39 is 6.10 Å². The molecule has 3 N–H and O–H groups in total. The number of nitrogens with zero attached hydrogens (tertiary/aromatic N) is 4. The lowest BCUT2D eigenvalue weighted by molar-refractivity contribution is 0.191. The maximum atomic E-state index is 10.5. The number of hydrogen-bond donors (Lipinski definition) is 3. The fourth-order valence-electron chi connectivity index (χ4n) is 3.41. The van der Waals surface area contributed by atoms with Gasteiger partial charge in [0.05, 0.1) is 19.5 Å². The van der Waals surface area contributed by atoms with Crippen LogP contribution in [0.4, 0.5) is 11.8 Å². The van der Waals surface area contributed by atoms with E-state index in [2.05, 4.69) is 39.4 Å². The fourth-order valence-corrected chi connectivity index (χ4v) is 3.41. The van der Waals surface area contributed by atoms with Gasteiger partial charge in [-0.3, -0.25) is 0 Å². The summed E-state index contributed by atoms with van der Waals surface area (Å²) in [5.74, 6) is 1.89. The molecule has 8 heteroatoms. The first-order chi connectivity index (χ1) is 15.5. The zero-order valence-corrected chi connectivity index (χ0v) is 18.5. The summed E-state index contributed by atoms with van der Waals surface area (Å²) in [5.41, 5.74) is 3.38. The topological polar surface area (TPSA) is 97.1 Å². The molecule has 0 aliphatic carbocycles. The molecule has 0 saturated heterocycles. The lowest BCUT2D eigenvalue weighted by Crippen LogP contribution is -2.15. The van der Waals surface area contributed by atoms with Gasteiger partial charge in [-0.2, -0.15) is 9.97 Å². The molecular formula is C24H28N6O2. The number of benzene rings is 2. The summed E-state index contributed by atoms with van der Waals surface area (Å²) < 4.78 is 7.23. The second-order valence-corrected chi connectivity index (χ2v) is 7.82. The van der Waals surface area contributed by atoms with E-state index >= 15 is 0 Å². The molecule has 32 heavy (non-hydrogen) atoms. The number of ether oxygens (including phenoxy) is 1. The van der Waals surface area contributed by atoms with E-state index in [0.29, 0.717) is 30.4 Å². The normalized spacial score (nSPS) is 12.2. The Kier molecular flexibility index (Phi) is 6.51. The predicted octanol–water partition coefficient (Wildman–Crippen LogP) is 4.17. The van der Waals surface area contributed by atoms with Crippen LogP contribution in [0.15, 0.2) is 60.9 Å². The minimum atomic E-state index is -0.666. The van der Waals surface area contributed by atoms with Gasteiger partial charge in [0.15, 0.2) is 17.0 Å². The Morgan fingerprint density at radius 2 is 1.75 bits per heavy atom. The summed E-state index contributed by atoms with van der Waals surface area (Å²) in [7, 11) is 1.65. The maximum absolute atomic E-state index is 10.5. The fraction of sp³-hybridized carbons (Fsp3) is 0.292. The number of fused-ring (bicyclic) bond motifs is 1. The quantitative estimate of drug-likeness (QED) is 0.365. The number of hydrogen-bond acceptors (Lipinski definition) is 7. The molecule has 0 aliphatic rings. The van der Waals surface area contributed by atoms with Crippen LogP contribution in [-0.4, -0.2) is 38.3 Å². The average Bonchev–Trinajstić information content (AvgIpc) is 3.26. The molecule has 166 valence electrons. The highest BCUT2D eigenvalue weighted by molar-refractivity contribution is 5.84. The van der Waals surface area contributed by atoms with E-state index in [1.807, 2.05) is 59.2 Å². The van der Waals surface area contributed by atoms with Crippen LogP contribution in [0.25, 0.3) is 11.2 Å². The SMILES string of the molecule is COc1ccc(CNc2nc(NCC(O)c3ccccc3)nc3c2ncn3C(C)C)cc1. The van der Waals surface area contributed by atoms with Crippen LogP contribution in [-0.2, 0) is 6.54 Å². The smallest absolute Gasteiger partial charge is 0.226 e. The molecule has 0 amide bonds. The van der Waals surface area contributed by atoms with Gasteiger partial charge < -0.3 is 25.0 Å². The molecule has 4 rings (SSSR count). The maximum Gasteiger partial charge on any atom is 0.226 e. The Hall–Kier alpha value is -3.65. The first kappa shape index (κ1) is 21.6. The van der Waals surface area contributed by atoms with Gasteiger partial charge in [-0.1, -0.05) is 42.5 Å². The van der Waals surface area contributed by atoms with Gasteiger partial charge in [-0.25, -0.2) is 4.98 Å². The number of imidazole rings is 1. The standard InChI is InChI=1S/C24H28N6O2/c1-16(2)30-15-27-21-22(25-13-17-9-11-19(32-3)12-10-17)28-24(29-23(21)30)26-14-20(31)18-7-5-4-6-8-18/h4-12,15-16,20,31H,13-14H2,1-3H3,(H2,25,26,28,29). The Labute approximate surface area is 187 Å². The average molecular weight is 433 g/mol. The molecule has 0 radical (unpaired) electrons. The number of rotatable bonds is 9. The number of methoxy groups -OCH3 is 1. The lowest BCUT2D eigenvalue weighted by atomic mass is 10.1. The minimum absolute atomic E-state index is 0.201. The second-order valence-electron chi connectivity index (χ2n) is 7.82. The lowest BCUT2D eigenvalue weighted by Gasteiger charge is -2.14. The largest absolute Gasteiger partial charge is 0.497 e. The molecule has 8 nitrogen and oxygen atoms in total. The summed E-state index contributed by atoms with van der Waals surface area (Å²) in [4.78, 5) is 13.9. The second kappa shape index (κ2) is 9.65. The number of aliphatic hydroxyl groups is 1. The van der Waals surface area contributed by atoms with Crippen molar-refractivity contribution in [3.05, 3.63) is 72.1 Å². The van der Waals surface area contributed by atoms with Crippen LogP contribution in [0.5, 0.6) is 5.75 Å². The molecule has 0 spiro atoms. The molecular weight excluding hydrogens is 404 g/mol. The van der Waals surface area contributed by atoms with Crippen LogP contribution in [0.3, 0.4) is 0 Å². The summed E-state index contributed by atoms with van der Waals surface area (Å²) in [5, 5.41) is 17.1. The molecule has 4 aromatic rings. The molecule has 1 atom stereocenters. The third kappa shape index (κ3) is 4.81. The van der Waals surface area contributed by atoms with Gasteiger partial charge in [-0.05, 0) is 37.1 Å². The Morgan fingerprint density at radius 1 is 1.00 bits per heavy atom. The van der Waals surface area contributed by atoms with Crippen molar-refractivity contribution in [2.24, 2.45) is 0 Å². The summed E-state index contributed by atoms with van der Waals surface area (Å²) >= 11 is 0. The van der Waals surface area contributed by atoms with E-state index in [4.69, 9.17) is 4.74 Å². The molecule has 2 heterocycles. The highest BCUT2D eigenvalue weighted by atomic mass is 16.5. The van der Waals surface area contributed by atoms with Gasteiger partial charge in [0.2, 0.25) is 5.95 Å². The molecule has 0 bridgehead atoms. The highest BCUT2D eigenvalue weighted by Crippen LogP contribution is 2.24. The van der Waals surface area contributed by atoms with Crippen molar-refractivity contribution in [1.29, 1.82) is 0 Å². The van der Waals surface area contributed by atoms with Crippen LogP contribution < -0.4 is 15.4 Å². The molecule has 0 aliphatic heterocycles. The van der Waals surface area contributed by atoms with Gasteiger partial charge >= 0.3 is 0 Å². The molecule has 2 aromatic carbocycles. The molecule has 0 saturated carbocycles. The van der Waals surface area contributed by atoms with E-state index in [9.17, 15) is 5.11 Å². The van der Waals surface area contributed by atoms with E-state index in [1.165, 1.54) is 0 Å². The summed E-state index contributed by atoms with van der Waals surface area (Å²) in [6.07, 6.45) is 1.12. The zero-order valence-electron chi connectivity index (χ0n) is 18.5. The Morgan fingerprint density at radius 3 is 2.44 bits per heavy atom. The van der Waals surface area contributed by atoms with Crippen LogP contribution in [0.1, 0.15) is 37.1 Å². The van der Waals surface area contributed by atoms with Gasteiger partial charge in [0.25, 0.3) is 0 Å². The number of aromatic nitrogens is 4. The van der Waals surface area contributed by atoms with E-state index in [0.717, 1.165) is 22.5 Å². The van der Waals surface area contributed by atoms with Crippen molar-refractivity contribution in [1.82, 2.24) is 19.5 Å². The number of anilines is 2. The first-order valence-electron chi connectivity index (χ1n) is 10.6. The number of nitrogens with one attached hydrogen (secondary N) is 2. The van der Waals surface area contributed by atoms with Crippen molar-refractivity contribution in [2.75, 3.05) is 24.3 Å². The highest BCUT2D eigenvalue weighted by Gasteiger charge is 2.16. The van der Waals surface area contributed by atoms with Crippen molar-refractivity contribution >= 4 is 22.9 Å². The predicted molar refractivity (Wildman–Crippen MR) is 126 cm³/mol. The van der Waals surface area contributed by atoms with Crippen LogP contribution in [0.2, 0.25) is 0 Å². The summed E-state index contributed by atoms with van der Waals surface area (Å²) in [6.45, 7) is 5.04. The third-order valence-electron chi connectivity index (χ3n) is 5.23. The van der Waals surface area contributed by atoms with Crippen molar-refractivity contribution in [3.8, 4) is 5.75 Å². The van der Waals surface area contributed by atoms with Crippen molar-refractivity contribution in [2.45, 2.75) is 32.5 Å². The first-order valence-corrected chi connectivity index (χ1v) is 10.6. The molecule has 2 aromatic heterocycles. The minimum Gasteiger partial charge on any atom is -0.497 e. The Bertz CT molecular complexity index is 1160. The van der Waals surface area contributed by atoms with Gasteiger partial charge in [0, 0.05) is 19.1 Å². The number of aliphatic hydroxyl groups excluding tert-OH is 1. The molecule has 1 unspecified atom stereocenters. The van der Waals surface area contributed by atoms with Gasteiger partial charge in [-0.15, -0.1) is 0 Å². The van der Waals surface area contributed by atoms with Gasteiger partial charge in [0.1, 0.15) is 5.75 Å². The van der Waals surface area contributed by atoms with Crippen LogP contribution >= 0.6 is 0 Å². The van der Waals surface area contributed by atoms with Crippen molar-refractivity contribution < 1.29 is 9.84 Å².